The zero-order valence-electron chi connectivity index (χ0n) is 12.2. The molecule has 0 aromatic heterocycles. The number of ether oxygens (including phenoxy) is 5. The van der Waals surface area contributed by atoms with Crippen molar-refractivity contribution in [2.45, 2.75) is 12.5 Å². The quantitative estimate of drug-likeness (QED) is 0.661. The molecule has 0 aliphatic carbocycles. The molecule has 0 amide bonds. The van der Waals surface area contributed by atoms with Crippen LogP contribution in [0.3, 0.4) is 0 Å². The van der Waals surface area contributed by atoms with Gasteiger partial charge in [-0.05, 0) is 24.1 Å². The van der Waals surface area contributed by atoms with Crippen molar-refractivity contribution in [2.24, 2.45) is 0 Å². The summed E-state index contributed by atoms with van der Waals surface area (Å²) in [6.45, 7) is 2.77. The Morgan fingerprint density at radius 3 is 2.76 bits per heavy atom. The minimum absolute atomic E-state index is 0.223. The summed E-state index contributed by atoms with van der Waals surface area (Å²) in [6.07, 6.45) is 0.184. The molecule has 21 heavy (non-hydrogen) atoms. The van der Waals surface area contributed by atoms with Crippen LogP contribution >= 0.6 is 0 Å². The molecule has 0 radical (unpaired) electrons. The third kappa shape index (κ3) is 5.17. The van der Waals surface area contributed by atoms with Crippen LogP contribution in [0, 0.1) is 0 Å². The second-order valence-electron chi connectivity index (χ2n) is 4.66. The fourth-order valence-electron chi connectivity index (χ4n) is 1.94. The second kappa shape index (κ2) is 8.84. The third-order valence-electron chi connectivity index (χ3n) is 3.07. The summed E-state index contributed by atoms with van der Waals surface area (Å²) in [5.41, 5.74) is 0.750. The van der Waals surface area contributed by atoms with E-state index in [-0.39, 0.29) is 13.4 Å². The lowest BCUT2D eigenvalue weighted by molar-refractivity contribution is 0.000458. The van der Waals surface area contributed by atoms with Gasteiger partial charge in [0.25, 0.3) is 0 Å². The summed E-state index contributed by atoms with van der Waals surface area (Å²) >= 11 is 0. The van der Waals surface area contributed by atoms with Crippen LogP contribution in [0.15, 0.2) is 18.2 Å². The number of aliphatic hydroxyl groups excluding tert-OH is 1. The van der Waals surface area contributed by atoms with Crippen LogP contribution in [0.1, 0.15) is 18.1 Å². The van der Waals surface area contributed by atoms with Crippen molar-refractivity contribution in [3.8, 4) is 11.5 Å². The number of hydrogen-bond donors (Lipinski definition) is 1. The van der Waals surface area contributed by atoms with Gasteiger partial charge in [-0.2, -0.15) is 0 Å². The first-order valence-electron chi connectivity index (χ1n) is 7.03. The largest absolute Gasteiger partial charge is 0.454 e. The van der Waals surface area contributed by atoms with Crippen LogP contribution < -0.4 is 9.47 Å². The lowest BCUT2D eigenvalue weighted by atomic mass is 10.1. The maximum atomic E-state index is 10.0. The molecule has 6 nitrogen and oxygen atoms in total. The molecule has 0 spiro atoms. The lowest BCUT2D eigenvalue weighted by Gasteiger charge is -2.12. The molecule has 1 aliphatic rings. The van der Waals surface area contributed by atoms with Crippen molar-refractivity contribution >= 4 is 0 Å². The molecule has 2 rings (SSSR count). The summed E-state index contributed by atoms with van der Waals surface area (Å²) in [7, 11) is 1.67. The zero-order chi connectivity index (χ0) is 14.9. The van der Waals surface area contributed by atoms with Crippen LogP contribution in [0.25, 0.3) is 0 Å². The Bertz CT molecular complexity index is 423. The highest BCUT2D eigenvalue weighted by molar-refractivity contribution is 5.45. The summed E-state index contributed by atoms with van der Waals surface area (Å²) in [4.78, 5) is 0. The van der Waals surface area contributed by atoms with Crippen LogP contribution in [-0.4, -0.2) is 52.0 Å². The Labute approximate surface area is 124 Å². The molecule has 1 aliphatic heterocycles. The van der Waals surface area contributed by atoms with E-state index < -0.39 is 6.10 Å². The van der Waals surface area contributed by atoms with Gasteiger partial charge in [-0.25, -0.2) is 0 Å². The molecular weight excluding hydrogens is 276 g/mol. The van der Waals surface area contributed by atoms with E-state index in [1.807, 2.05) is 6.07 Å². The molecule has 1 N–H and O–H groups in total. The Kier molecular flexibility index (Phi) is 6.75. The van der Waals surface area contributed by atoms with Crippen molar-refractivity contribution in [1.82, 2.24) is 0 Å². The topological polar surface area (TPSA) is 66.4 Å². The van der Waals surface area contributed by atoms with Crippen molar-refractivity contribution in [1.29, 1.82) is 0 Å². The van der Waals surface area contributed by atoms with E-state index in [2.05, 4.69) is 0 Å². The minimum Gasteiger partial charge on any atom is -0.454 e. The zero-order valence-corrected chi connectivity index (χ0v) is 12.2. The van der Waals surface area contributed by atoms with Crippen molar-refractivity contribution < 1.29 is 28.8 Å². The van der Waals surface area contributed by atoms with Crippen molar-refractivity contribution in [2.75, 3.05) is 46.9 Å². The van der Waals surface area contributed by atoms with E-state index in [4.69, 9.17) is 23.7 Å². The molecule has 0 saturated heterocycles. The first-order valence-corrected chi connectivity index (χ1v) is 7.03. The van der Waals surface area contributed by atoms with Crippen LogP contribution in [0.5, 0.6) is 11.5 Å². The van der Waals surface area contributed by atoms with Gasteiger partial charge in [0, 0.05) is 20.3 Å². The van der Waals surface area contributed by atoms with E-state index in [0.29, 0.717) is 37.9 Å². The molecule has 0 fully saturated rings. The number of fused-ring (bicyclic) bond motifs is 1. The predicted molar refractivity (Wildman–Crippen MR) is 75.7 cm³/mol. The molecule has 0 saturated carbocycles. The number of aliphatic hydroxyl groups is 1. The average Bonchev–Trinajstić information content (AvgIpc) is 2.97. The third-order valence-corrected chi connectivity index (χ3v) is 3.07. The Morgan fingerprint density at radius 1 is 1.10 bits per heavy atom. The highest BCUT2D eigenvalue weighted by Crippen LogP contribution is 2.34. The number of rotatable bonds is 10. The Hall–Kier alpha value is -1.34. The second-order valence-corrected chi connectivity index (χ2v) is 4.66. The number of hydrogen-bond acceptors (Lipinski definition) is 6. The van der Waals surface area contributed by atoms with Gasteiger partial charge in [0.2, 0.25) is 6.79 Å². The highest BCUT2D eigenvalue weighted by Gasteiger charge is 2.16. The fourth-order valence-corrected chi connectivity index (χ4v) is 1.94. The monoisotopic (exact) mass is 298 g/mol. The predicted octanol–water partition coefficient (Wildman–Crippen LogP) is 1.52. The summed E-state index contributed by atoms with van der Waals surface area (Å²) < 4.78 is 26.2. The maximum absolute atomic E-state index is 10.0. The van der Waals surface area contributed by atoms with E-state index in [9.17, 15) is 5.11 Å². The number of methoxy groups -OCH3 is 1. The Balaban J connectivity index is 1.60. The van der Waals surface area contributed by atoms with Crippen LogP contribution in [0.4, 0.5) is 0 Å². The fraction of sp³-hybridized carbons (Fsp3) is 0.600. The summed E-state index contributed by atoms with van der Waals surface area (Å²) in [6, 6.07) is 5.38. The molecule has 6 heteroatoms. The molecular formula is C15H22O6. The maximum Gasteiger partial charge on any atom is 0.231 e. The van der Waals surface area contributed by atoms with E-state index in [1.165, 1.54) is 0 Å². The van der Waals surface area contributed by atoms with Gasteiger partial charge >= 0.3 is 0 Å². The normalized spacial score (nSPS) is 14.4. The van der Waals surface area contributed by atoms with Gasteiger partial charge in [0.05, 0.1) is 19.8 Å². The smallest absolute Gasteiger partial charge is 0.231 e. The molecule has 118 valence electrons. The minimum atomic E-state index is -0.687. The molecule has 1 heterocycles. The van der Waals surface area contributed by atoms with Gasteiger partial charge < -0.3 is 28.8 Å². The van der Waals surface area contributed by atoms with Gasteiger partial charge in [-0.3, -0.25) is 0 Å². The van der Waals surface area contributed by atoms with E-state index in [1.54, 1.807) is 19.2 Å². The average molecular weight is 298 g/mol. The molecule has 1 aromatic rings. The van der Waals surface area contributed by atoms with Gasteiger partial charge in [-0.15, -0.1) is 0 Å². The van der Waals surface area contributed by atoms with Crippen LogP contribution in [0.2, 0.25) is 0 Å². The number of benzene rings is 1. The van der Waals surface area contributed by atoms with E-state index >= 15 is 0 Å². The highest BCUT2D eigenvalue weighted by atomic mass is 16.7. The first-order chi connectivity index (χ1) is 10.3. The summed E-state index contributed by atoms with van der Waals surface area (Å²) in [5, 5.41) is 10.0. The molecule has 0 bridgehead atoms. The lowest BCUT2D eigenvalue weighted by Crippen LogP contribution is -2.12. The standard InChI is InChI=1S/C15H22O6/c1-17-5-2-6-18-7-8-19-10-13(16)12-3-4-14-15(9-12)21-11-20-14/h3-4,9,13,16H,2,5-8,10-11H2,1H3. The molecule has 1 atom stereocenters. The Morgan fingerprint density at radius 2 is 1.90 bits per heavy atom. The van der Waals surface area contributed by atoms with Crippen LogP contribution in [-0.2, 0) is 14.2 Å². The van der Waals surface area contributed by atoms with E-state index in [0.717, 1.165) is 12.0 Å². The summed E-state index contributed by atoms with van der Waals surface area (Å²) in [5.74, 6) is 1.37. The van der Waals surface area contributed by atoms with Gasteiger partial charge in [-0.1, -0.05) is 6.07 Å². The van der Waals surface area contributed by atoms with Crippen molar-refractivity contribution in [3.63, 3.8) is 0 Å². The molecule has 1 aromatic carbocycles. The van der Waals surface area contributed by atoms with Crippen molar-refractivity contribution in [3.05, 3.63) is 23.8 Å². The SMILES string of the molecule is COCCCOCCOCC(O)c1ccc2c(c1)OCO2. The molecule has 1 unspecified atom stereocenters. The van der Waals surface area contributed by atoms with Gasteiger partial charge in [0.15, 0.2) is 11.5 Å². The first kappa shape index (κ1) is 16.0. The van der Waals surface area contributed by atoms with Gasteiger partial charge in [0.1, 0.15) is 6.10 Å².